The first-order valence-electron chi connectivity index (χ1n) is 5.01. The molecule has 0 saturated carbocycles. The number of hydrogen-bond donors (Lipinski definition) is 2. The van der Waals surface area contributed by atoms with Gasteiger partial charge in [0.1, 0.15) is 11.6 Å². The van der Waals surface area contributed by atoms with Gasteiger partial charge in [-0.25, -0.2) is 14.8 Å². The van der Waals surface area contributed by atoms with Gasteiger partial charge in [0.25, 0.3) is 0 Å². The van der Waals surface area contributed by atoms with Gasteiger partial charge in [-0.3, -0.25) is 0 Å². The maximum absolute atomic E-state index is 10.9. The molecule has 0 radical (unpaired) electrons. The van der Waals surface area contributed by atoms with Crippen LogP contribution in [0.25, 0.3) is 0 Å². The summed E-state index contributed by atoms with van der Waals surface area (Å²) in [6, 6.07) is 1.41. The van der Waals surface area contributed by atoms with E-state index < -0.39 is 5.97 Å². The molecule has 1 aromatic heterocycles. The molecule has 0 aliphatic rings. The summed E-state index contributed by atoms with van der Waals surface area (Å²) in [5.41, 5.74) is 0.00487. The molecule has 0 unspecified atom stereocenters. The van der Waals surface area contributed by atoms with Gasteiger partial charge in [0.15, 0.2) is 5.69 Å². The van der Waals surface area contributed by atoms with E-state index in [4.69, 9.17) is 5.11 Å². The number of nitrogens with one attached hydrogen (secondary N) is 1. The van der Waals surface area contributed by atoms with Crippen LogP contribution in [0, 0.1) is 0 Å². The zero-order chi connectivity index (χ0) is 12.1. The van der Waals surface area contributed by atoms with Gasteiger partial charge in [-0.15, -0.1) is 6.58 Å². The lowest BCUT2D eigenvalue weighted by molar-refractivity contribution is 0.0690. The summed E-state index contributed by atoms with van der Waals surface area (Å²) in [7, 11) is 0. The zero-order valence-corrected chi connectivity index (χ0v) is 9.40. The highest BCUT2D eigenvalue weighted by atomic mass is 16.4. The largest absolute Gasteiger partial charge is 0.477 e. The topological polar surface area (TPSA) is 75.1 Å². The highest BCUT2D eigenvalue weighted by molar-refractivity contribution is 5.86. The highest BCUT2D eigenvalue weighted by Gasteiger charge is 2.12. The Bertz CT molecular complexity index is 402. The summed E-state index contributed by atoms with van der Waals surface area (Å²) in [6.07, 6.45) is 1.68. The standard InChI is InChI=1S/C11H15N3O2/c1-4-5-12-9-6-8(11(15)16)13-10(14-9)7(2)3/h4,6-7H,1,5H2,2-3H3,(H,15,16)(H,12,13,14). The Kier molecular flexibility index (Phi) is 3.99. The summed E-state index contributed by atoms with van der Waals surface area (Å²) in [6.45, 7) is 7.93. The third kappa shape index (κ3) is 3.05. The van der Waals surface area contributed by atoms with Crippen LogP contribution in [0.2, 0.25) is 0 Å². The van der Waals surface area contributed by atoms with Gasteiger partial charge in [0.05, 0.1) is 0 Å². The van der Waals surface area contributed by atoms with E-state index in [1.165, 1.54) is 6.07 Å². The molecule has 0 aromatic carbocycles. The zero-order valence-electron chi connectivity index (χ0n) is 9.40. The van der Waals surface area contributed by atoms with Gasteiger partial charge < -0.3 is 10.4 Å². The summed E-state index contributed by atoms with van der Waals surface area (Å²) in [5, 5.41) is 11.9. The van der Waals surface area contributed by atoms with Crippen LogP contribution < -0.4 is 5.32 Å². The van der Waals surface area contributed by atoms with Crippen molar-refractivity contribution in [2.24, 2.45) is 0 Å². The molecule has 5 nitrogen and oxygen atoms in total. The van der Waals surface area contributed by atoms with E-state index in [1.54, 1.807) is 6.08 Å². The third-order valence-electron chi connectivity index (χ3n) is 1.91. The number of hydrogen-bond acceptors (Lipinski definition) is 4. The summed E-state index contributed by atoms with van der Waals surface area (Å²) >= 11 is 0. The van der Waals surface area contributed by atoms with E-state index in [2.05, 4.69) is 21.9 Å². The second-order valence-corrected chi connectivity index (χ2v) is 3.63. The quantitative estimate of drug-likeness (QED) is 0.743. The summed E-state index contributed by atoms with van der Waals surface area (Å²) in [5.74, 6) is 0.0667. The van der Waals surface area contributed by atoms with Crippen LogP contribution in [0.3, 0.4) is 0 Å². The number of carbonyl (C=O) groups is 1. The van der Waals surface area contributed by atoms with Crippen molar-refractivity contribution >= 4 is 11.8 Å². The summed E-state index contributed by atoms with van der Waals surface area (Å²) < 4.78 is 0. The second kappa shape index (κ2) is 5.25. The number of aromatic carboxylic acids is 1. The molecule has 1 rings (SSSR count). The Morgan fingerprint density at radius 2 is 2.31 bits per heavy atom. The molecule has 0 fully saturated rings. The van der Waals surface area contributed by atoms with Crippen molar-refractivity contribution in [3.63, 3.8) is 0 Å². The molecule has 86 valence electrons. The molecular formula is C11H15N3O2. The number of nitrogens with zero attached hydrogens (tertiary/aromatic N) is 2. The SMILES string of the molecule is C=CCNc1cc(C(=O)O)nc(C(C)C)n1. The van der Waals surface area contributed by atoms with E-state index in [9.17, 15) is 4.79 Å². The molecule has 1 heterocycles. The van der Waals surface area contributed by atoms with Gasteiger partial charge in [0.2, 0.25) is 0 Å². The van der Waals surface area contributed by atoms with Crippen LogP contribution >= 0.6 is 0 Å². The molecule has 0 atom stereocenters. The van der Waals surface area contributed by atoms with Gasteiger partial charge in [-0.2, -0.15) is 0 Å². The minimum atomic E-state index is -1.05. The first-order chi connectivity index (χ1) is 7.54. The lowest BCUT2D eigenvalue weighted by Crippen LogP contribution is -2.10. The Labute approximate surface area is 94.2 Å². The molecule has 2 N–H and O–H groups in total. The van der Waals surface area contributed by atoms with Gasteiger partial charge in [-0.05, 0) is 0 Å². The predicted octanol–water partition coefficient (Wildman–Crippen LogP) is 1.90. The van der Waals surface area contributed by atoms with Crippen LogP contribution in [0.5, 0.6) is 0 Å². The molecule has 0 aliphatic carbocycles. The van der Waals surface area contributed by atoms with E-state index in [0.29, 0.717) is 18.2 Å². The van der Waals surface area contributed by atoms with Crippen LogP contribution in [0.15, 0.2) is 18.7 Å². The van der Waals surface area contributed by atoms with Crippen molar-refractivity contribution in [2.45, 2.75) is 19.8 Å². The smallest absolute Gasteiger partial charge is 0.354 e. The van der Waals surface area contributed by atoms with Crippen molar-refractivity contribution < 1.29 is 9.90 Å². The number of anilines is 1. The second-order valence-electron chi connectivity index (χ2n) is 3.63. The molecule has 0 amide bonds. The minimum Gasteiger partial charge on any atom is -0.477 e. The van der Waals surface area contributed by atoms with Crippen molar-refractivity contribution in [2.75, 3.05) is 11.9 Å². The Hall–Kier alpha value is -1.91. The Morgan fingerprint density at radius 1 is 1.62 bits per heavy atom. The Balaban J connectivity index is 3.08. The third-order valence-corrected chi connectivity index (χ3v) is 1.91. The van der Waals surface area contributed by atoms with Crippen LogP contribution in [0.1, 0.15) is 36.1 Å². The molecule has 1 aromatic rings. The minimum absolute atomic E-state index is 0.00487. The average Bonchev–Trinajstić information content (AvgIpc) is 2.25. The first kappa shape index (κ1) is 12.2. The maximum atomic E-state index is 10.9. The number of rotatable bonds is 5. The molecule has 5 heteroatoms. The predicted molar refractivity (Wildman–Crippen MR) is 61.8 cm³/mol. The van der Waals surface area contributed by atoms with Crippen LogP contribution in [-0.2, 0) is 0 Å². The van der Waals surface area contributed by atoms with Crippen LogP contribution in [0.4, 0.5) is 5.82 Å². The van der Waals surface area contributed by atoms with Crippen molar-refractivity contribution in [1.82, 2.24) is 9.97 Å². The number of aromatic nitrogens is 2. The molecular weight excluding hydrogens is 206 g/mol. The highest BCUT2D eigenvalue weighted by Crippen LogP contribution is 2.13. The summed E-state index contributed by atoms with van der Waals surface area (Å²) in [4.78, 5) is 19.0. The fraction of sp³-hybridized carbons (Fsp3) is 0.364. The molecule has 16 heavy (non-hydrogen) atoms. The van der Waals surface area contributed by atoms with Gasteiger partial charge in [0, 0.05) is 18.5 Å². The lowest BCUT2D eigenvalue weighted by Gasteiger charge is -2.08. The molecule has 0 aliphatic heterocycles. The van der Waals surface area contributed by atoms with Crippen molar-refractivity contribution in [3.8, 4) is 0 Å². The van der Waals surface area contributed by atoms with Crippen molar-refractivity contribution in [1.29, 1.82) is 0 Å². The molecule has 0 bridgehead atoms. The van der Waals surface area contributed by atoms with E-state index in [-0.39, 0.29) is 11.6 Å². The maximum Gasteiger partial charge on any atom is 0.354 e. The molecule has 0 saturated heterocycles. The number of carboxylic acid groups (broad SMARTS) is 1. The molecule has 0 spiro atoms. The van der Waals surface area contributed by atoms with Crippen LogP contribution in [-0.4, -0.2) is 27.6 Å². The fourth-order valence-corrected chi connectivity index (χ4v) is 1.10. The lowest BCUT2D eigenvalue weighted by atomic mass is 10.2. The number of carboxylic acids is 1. The van der Waals surface area contributed by atoms with E-state index in [1.807, 2.05) is 13.8 Å². The van der Waals surface area contributed by atoms with Gasteiger partial charge in [-0.1, -0.05) is 19.9 Å². The van der Waals surface area contributed by atoms with E-state index in [0.717, 1.165) is 0 Å². The fourth-order valence-electron chi connectivity index (χ4n) is 1.10. The normalized spacial score (nSPS) is 10.2. The van der Waals surface area contributed by atoms with Crippen molar-refractivity contribution in [3.05, 3.63) is 30.2 Å². The van der Waals surface area contributed by atoms with Gasteiger partial charge >= 0.3 is 5.97 Å². The first-order valence-corrected chi connectivity index (χ1v) is 5.01. The van der Waals surface area contributed by atoms with E-state index >= 15 is 0 Å². The Morgan fingerprint density at radius 3 is 2.81 bits per heavy atom. The monoisotopic (exact) mass is 221 g/mol. The average molecular weight is 221 g/mol.